The van der Waals surface area contributed by atoms with E-state index in [1.165, 1.54) is 26.5 Å². The summed E-state index contributed by atoms with van der Waals surface area (Å²) in [5.74, 6) is 0.113. The number of halogens is 2. The Bertz CT molecular complexity index is 1020. The fourth-order valence-electron chi connectivity index (χ4n) is 3.52. The van der Waals surface area contributed by atoms with Crippen LogP contribution in [0.3, 0.4) is 0 Å². The number of carbonyl (C=O) groups is 1. The minimum atomic E-state index is 0. The van der Waals surface area contributed by atoms with Gasteiger partial charge in [-0.15, -0.1) is 12.4 Å². The molecular formula is C25H23Cl2NOS. The lowest BCUT2D eigenvalue weighted by molar-refractivity contribution is 0.0947. The summed E-state index contributed by atoms with van der Waals surface area (Å²) in [5.41, 5.74) is 4.56. The number of carbonyl (C=O) groups excluding carboxylic acids is 1. The van der Waals surface area contributed by atoms with E-state index in [1.807, 2.05) is 18.8 Å². The number of likely N-dealkylation sites (N-methyl/N-ethyl adjacent to an activating group) is 1. The molecule has 0 unspecified atom stereocenters. The van der Waals surface area contributed by atoms with Crippen LogP contribution in [0, 0.1) is 0 Å². The normalized spacial score (nSPS) is 12.0. The molecule has 0 aromatic heterocycles. The fourth-order valence-corrected chi connectivity index (χ4v) is 4.75. The molecule has 3 aromatic rings. The van der Waals surface area contributed by atoms with E-state index < -0.39 is 0 Å². The van der Waals surface area contributed by atoms with Crippen LogP contribution in [0.1, 0.15) is 27.9 Å². The lowest BCUT2D eigenvalue weighted by atomic mass is 9.96. The molecule has 0 spiro atoms. The van der Waals surface area contributed by atoms with Crippen LogP contribution in [0.4, 0.5) is 0 Å². The third kappa shape index (κ3) is 5.16. The minimum Gasteiger partial charge on any atom is -0.299 e. The first-order valence-corrected chi connectivity index (χ1v) is 10.9. The van der Waals surface area contributed by atoms with Gasteiger partial charge in [-0.2, -0.15) is 0 Å². The molecule has 0 saturated carbocycles. The second-order valence-corrected chi connectivity index (χ2v) is 8.69. The Balaban J connectivity index is 0.00000256. The van der Waals surface area contributed by atoms with E-state index in [4.69, 9.17) is 11.6 Å². The van der Waals surface area contributed by atoms with Crippen LogP contribution in [0.25, 0.3) is 5.57 Å². The molecule has 3 aromatic carbocycles. The Morgan fingerprint density at radius 3 is 2.10 bits per heavy atom. The van der Waals surface area contributed by atoms with E-state index in [9.17, 15) is 4.79 Å². The maximum atomic E-state index is 12.5. The first kappa shape index (κ1) is 22.6. The van der Waals surface area contributed by atoms with Crippen molar-refractivity contribution in [1.82, 2.24) is 4.90 Å². The SMILES string of the molecule is CN(CCC=C1c2ccccc2Sc2ccccc21)CC(=O)c1ccc(Cl)cc1.Cl. The van der Waals surface area contributed by atoms with Crippen molar-refractivity contribution >= 4 is 47.1 Å². The highest BCUT2D eigenvalue weighted by Gasteiger charge is 2.19. The van der Waals surface area contributed by atoms with Gasteiger partial charge in [-0.25, -0.2) is 0 Å². The lowest BCUT2D eigenvalue weighted by Crippen LogP contribution is -2.26. The number of fused-ring (bicyclic) bond motifs is 2. The van der Waals surface area contributed by atoms with Crippen LogP contribution in [0.15, 0.2) is 88.7 Å². The molecule has 5 heteroatoms. The lowest BCUT2D eigenvalue weighted by Gasteiger charge is -2.22. The number of hydrogen-bond acceptors (Lipinski definition) is 3. The Morgan fingerprint density at radius 1 is 0.933 bits per heavy atom. The zero-order valence-electron chi connectivity index (χ0n) is 16.7. The number of nitrogens with zero attached hydrogens (tertiary/aromatic N) is 1. The van der Waals surface area contributed by atoms with Crippen LogP contribution in [-0.2, 0) is 0 Å². The second kappa shape index (κ2) is 10.3. The van der Waals surface area contributed by atoms with Crippen LogP contribution in [0.2, 0.25) is 5.02 Å². The van der Waals surface area contributed by atoms with Crippen molar-refractivity contribution in [2.75, 3.05) is 20.1 Å². The van der Waals surface area contributed by atoms with Gasteiger partial charge in [0.05, 0.1) is 6.54 Å². The maximum absolute atomic E-state index is 12.5. The van der Waals surface area contributed by atoms with E-state index >= 15 is 0 Å². The maximum Gasteiger partial charge on any atom is 0.176 e. The average molecular weight is 456 g/mol. The molecule has 154 valence electrons. The van der Waals surface area contributed by atoms with Crippen molar-refractivity contribution in [3.63, 3.8) is 0 Å². The first-order chi connectivity index (χ1) is 14.1. The molecule has 0 N–H and O–H groups in total. The monoisotopic (exact) mass is 455 g/mol. The van der Waals surface area contributed by atoms with E-state index in [0.29, 0.717) is 17.1 Å². The highest BCUT2D eigenvalue weighted by atomic mass is 35.5. The van der Waals surface area contributed by atoms with E-state index in [1.54, 1.807) is 24.3 Å². The van der Waals surface area contributed by atoms with Crippen molar-refractivity contribution in [3.8, 4) is 0 Å². The molecule has 0 fully saturated rings. The molecule has 0 atom stereocenters. The fraction of sp³-hybridized carbons (Fsp3) is 0.160. The molecule has 0 aliphatic carbocycles. The predicted molar refractivity (Wildman–Crippen MR) is 129 cm³/mol. The highest BCUT2D eigenvalue weighted by molar-refractivity contribution is 7.99. The van der Waals surface area contributed by atoms with Gasteiger partial charge in [0.2, 0.25) is 0 Å². The van der Waals surface area contributed by atoms with Crippen LogP contribution in [-0.4, -0.2) is 30.8 Å². The third-order valence-electron chi connectivity index (χ3n) is 5.01. The summed E-state index contributed by atoms with van der Waals surface area (Å²) in [6.45, 7) is 1.22. The Kier molecular flexibility index (Phi) is 7.79. The quantitative estimate of drug-likeness (QED) is 0.296. The molecular weight excluding hydrogens is 433 g/mol. The molecule has 2 nitrogen and oxygen atoms in total. The topological polar surface area (TPSA) is 20.3 Å². The highest BCUT2D eigenvalue weighted by Crippen LogP contribution is 2.45. The molecule has 1 aliphatic heterocycles. The van der Waals surface area contributed by atoms with Gasteiger partial charge in [0, 0.05) is 26.9 Å². The zero-order valence-corrected chi connectivity index (χ0v) is 19.1. The van der Waals surface area contributed by atoms with Gasteiger partial charge >= 0.3 is 0 Å². The van der Waals surface area contributed by atoms with Gasteiger partial charge < -0.3 is 0 Å². The van der Waals surface area contributed by atoms with E-state index in [-0.39, 0.29) is 18.2 Å². The van der Waals surface area contributed by atoms with E-state index in [2.05, 4.69) is 59.5 Å². The summed E-state index contributed by atoms with van der Waals surface area (Å²) in [7, 11) is 1.99. The van der Waals surface area contributed by atoms with Gasteiger partial charge in [0.1, 0.15) is 0 Å². The molecule has 30 heavy (non-hydrogen) atoms. The van der Waals surface area contributed by atoms with Crippen molar-refractivity contribution in [1.29, 1.82) is 0 Å². The van der Waals surface area contributed by atoms with Crippen molar-refractivity contribution in [3.05, 3.63) is 101 Å². The van der Waals surface area contributed by atoms with Crippen LogP contribution < -0.4 is 0 Å². The minimum absolute atomic E-state index is 0. The summed E-state index contributed by atoms with van der Waals surface area (Å²) in [4.78, 5) is 17.1. The summed E-state index contributed by atoms with van der Waals surface area (Å²) in [6.07, 6.45) is 3.19. The largest absolute Gasteiger partial charge is 0.299 e. The van der Waals surface area contributed by atoms with Crippen molar-refractivity contribution in [2.24, 2.45) is 0 Å². The number of Topliss-reactive ketones (excluding diaryl/α,β-unsaturated/α-hetero) is 1. The summed E-state index contributed by atoms with van der Waals surface area (Å²) < 4.78 is 0. The number of rotatable bonds is 6. The number of ketones is 1. The third-order valence-corrected chi connectivity index (χ3v) is 6.42. The van der Waals surface area contributed by atoms with Gasteiger partial charge in [-0.3, -0.25) is 9.69 Å². The van der Waals surface area contributed by atoms with Crippen LogP contribution in [0.5, 0.6) is 0 Å². The molecule has 0 amide bonds. The molecule has 1 heterocycles. The van der Waals surface area contributed by atoms with Crippen molar-refractivity contribution < 1.29 is 4.79 Å². The molecule has 4 rings (SSSR count). The standard InChI is InChI=1S/C25H22ClNOS.ClH/c1-27(17-23(28)18-12-14-19(26)15-13-18)16-6-9-20-21-7-2-4-10-24(21)29-25-11-5-3-8-22(20)25;/h2-5,7-15H,6,16-17H2,1H3;1H. The zero-order chi connectivity index (χ0) is 20.2. The average Bonchev–Trinajstić information content (AvgIpc) is 2.73. The van der Waals surface area contributed by atoms with Crippen molar-refractivity contribution in [2.45, 2.75) is 16.2 Å². The Morgan fingerprint density at radius 2 is 1.50 bits per heavy atom. The summed E-state index contributed by atoms with van der Waals surface area (Å²) >= 11 is 7.73. The van der Waals surface area contributed by atoms with Crippen LogP contribution >= 0.6 is 35.8 Å². The second-order valence-electron chi connectivity index (χ2n) is 7.17. The van der Waals surface area contributed by atoms with Gasteiger partial charge in [-0.1, -0.05) is 65.8 Å². The summed E-state index contributed by atoms with van der Waals surface area (Å²) in [6, 6.07) is 24.2. The predicted octanol–water partition coefficient (Wildman–Crippen LogP) is 6.86. The molecule has 0 saturated heterocycles. The molecule has 1 aliphatic rings. The Hall–Kier alpha value is -2.04. The molecule has 0 radical (unpaired) electrons. The smallest absolute Gasteiger partial charge is 0.176 e. The Labute approximate surface area is 193 Å². The van der Waals surface area contributed by atoms with Gasteiger partial charge in [0.15, 0.2) is 5.78 Å². The van der Waals surface area contributed by atoms with Gasteiger partial charge in [0.25, 0.3) is 0 Å². The van der Waals surface area contributed by atoms with E-state index in [0.717, 1.165) is 13.0 Å². The first-order valence-electron chi connectivity index (χ1n) is 9.66. The van der Waals surface area contributed by atoms with Gasteiger partial charge in [-0.05, 0) is 66.6 Å². The summed E-state index contributed by atoms with van der Waals surface area (Å²) in [5, 5.41) is 0.646. The number of benzene rings is 3. The number of hydrogen-bond donors (Lipinski definition) is 0. The molecule has 0 bridgehead atoms.